The van der Waals surface area contributed by atoms with Gasteiger partial charge in [0.25, 0.3) is 5.56 Å². The van der Waals surface area contributed by atoms with E-state index in [9.17, 15) is 9.59 Å². The molecular formula is C23H27ClN4O2S. The molecule has 1 heterocycles. The van der Waals surface area contributed by atoms with Crippen molar-refractivity contribution in [2.24, 2.45) is 0 Å². The van der Waals surface area contributed by atoms with Gasteiger partial charge in [0.1, 0.15) is 0 Å². The van der Waals surface area contributed by atoms with Crippen molar-refractivity contribution in [3.8, 4) is 0 Å². The van der Waals surface area contributed by atoms with Gasteiger partial charge in [0.05, 0.1) is 16.7 Å². The lowest BCUT2D eigenvalue weighted by Gasteiger charge is -2.19. The van der Waals surface area contributed by atoms with Gasteiger partial charge in [0.15, 0.2) is 5.16 Å². The number of hydrogen-bond acceptors (Lipinski definition) is 5. The van der Waals surface area contributed by atoms with Crippen molar-refractivity contribution in [2.75, 3.05) is 31.8 Å². The van der Waals surface area contributed by atoms with Crippen LogP contribution in [0.15, 0.2) is 52.4 Å². The highest BCUT2D eigenvalue weighted by Gasteiger charge is 2.17. The lowest BCUT2D eigenvalue weighted by atomic mass is 10.2. The summed E-state index contributed by atoms with van der Waals surface area (Å²) in [6.07, 6.45) is 0. The van der Waals surface area contributed by atoms with E-state index in [1.165, 1.54) is 11.8 Å². The molecule has 0 fully saturated rings. The largest absolute Gasteiger partial charge is 0.378 e. The summed E-state index contributed by atoms with van der Waals surface area (Å²) in [5.41, 5.74) is 2.59. The van der Waals surface area contributed by atoms with Crippen LogP contribution in [0.4, 0.5) is 5.69 Å². The number of amides is 1. The van der Waals surface area contributed by atoms with Crippen LogP contribution in [0.25, 0.3) is 10.9 Å². The number of rotatable bonds is 7. The van der Waals surface area contributed by atoms with Crippen LogP contribution in [0.5, 0.6) is 0 Å². The SMILES string of the molecule is CC(C)n1c(SCC(=O)N(C)Cc2ccc(N(C)C)cc2)nc2cc(Cl)ccc2c1=O. The third kappa shape index (κ3) is 5.40. The lowest BCUT2D eigenvalue weighted by Crippen LogP contribution is -2.29. The van der Waals surface area contributed by atoms with Crippen molar-refractivity contribution >= 4 is 45.9 Å². The molecule has 1 aromatic heterocycles. The number of aromatic nitrogens is 2. The fourth-order valence-electron chi connectivity index (χ4n) is 3.21. The fourth-order valence-corrected chi connectivity index (χ4v) is 4.44. The standard InChI is InChI=1S/C23H27ClN4O2S/c1-15(2)28-22(30)19-11-8-17(24)12-20(19)25-23(28)31-14-21(29)27(5)13-16-6-9-18(10-7-16)26(3)4/h6-12,15H,13-14H2,1-5H3. The van der Waals surface area contributed by atoms with E-state index in [0.29, 0.717) is 27.6 Å². The third-order valence-corrected chi connectivity index (χ3v) is 6.14. The average molecular weight is 459 g/mol. The molecule has 3 rings (SSSR count). The first-order chi connectivity index (χ1) is 14.7. The number of hydrogen-bond donors (Lipinski definition) is 0. The number of nitrogens with zero attached hydrogens (tertiary/aromatic N) is 4. The molecule has 0 spiro atoms. The van der Waals surface area contributed by atoms with E-state index < -0.39 is 0 Å². The monoisotopic (exact) mass is 458 g/mol. The second-order valence-electron chi connectivity index (χ2n) is 7.92. The molecule has 31 heavy (non-hydrogen) atoms. The van der Waals surface area contributed by atoms with Crippen LogP contribution in [0.3, 0.4) is 0 Å². The van der Waals surface area contributed by atoms with Gasteiger partial charge in [-0.25, -0.2) is 4.98 Å². The Labute approximate surface area is 191 Å². The lowest BCUT2D eigenvalue weighted by molar-refractivity contribution is -0.127. The summed E-state index contributed by atoms with van der Waals surface area (Å²) < 4.78 is 1.63. The zero-order valence-electron chi connectivity index (χ0n) is 18.4. The molecule has 0 aliphatic heterocycles. The minimum absolute atomic E-state index is 0.0302. The highest BCUT2D eigenvalue weighted by molar-refractivity contribution is 7.99. The summed E-state index contributed by atoms with van der Waals surface area (Å²) in [6.45, 7) is 4.38. The number of benzene rings is 2. The van der Waals surface area contributed by atoms with Crippen LogP contribution in [0.2, 0.25) is 5.02 Å². The van der Waals surface area contributed by atoms with Gasteiger partial charge < -0.3 is 9.80 Å². The molecular weight excluding hydrogens is 432 g/mol. The maximum atomic E-state index is 13.0. The Hall–Kier alpha value is -2.51. The quantitative estimate of drug-likeness (QED) is 0.386. The molecule has 0 unspecified atom stereocenters. The number of halogens is 1. The van der Waals surface area contributed by atoms with Crippen LogP contribution in [0.1, 0.15) is 25.5 Å². The maximum absolute atomic E-state index is 13.0. The Morgan fingerprint density at radius 2 is 1.81 bits per heavy atom. The summed E-state index contributed by atoms with van der Waals surface area (Å²) in [7, 11) is 5.77. The zero-order chi connectivity index (χ0) is 22.7. The van der Waals surface area contributed by atoms with Gasteiger partial charge in [-0.15, -0.1) is 0 Å². The van der Waals surface area contributed by atoms with Crippen LogP contribution >= 0.6 is 23.4 Å². The van der Waals surface area contributed by atoms with Crippen molar-refractivity contribution in [1.82, 2.24) is 14.5 Å². The van der Waals surface area contributed by atoms with Crippen LogP contribution < -0.4 is 10.5 Å². The number of anilines is 1. The van der Waals surface area contributed by atoms with Crippen molar-refractivity contribution in [2.45, 2.75) is 31.6 Å². The zero-order valence-corrected chi connectivity index (χ0v) is 20.0. The molecule has 0 atom stereocenters. The summed E-state index contributed by atoms with van der Waals surface area (Å²) in [5, 5.41) is 1.56. The summed E-state index contributed by atoms with van der Waals surface area (Å²) in [6, 6.07) is 13.1. The van der Waals surface area contributed by atoms with E-state index in [2.05, 4.69) is 4.98 Å². The van der Waals surface area contributed by atoms with Crippen LogP contribution in [-0.2, 0) is 11.3 Å². The van der Waals surface area contributed by atoms with E-state index in [0.717, 1.165) is 11.3 Å². The Kier molecular flexibility index (Phi) is 7.28. The van der Waals surface area contributed by atoms with E-state index >= 15 is 0 Å². The smallest absolute Gasteiger partial charge is 0.262 e. The van der Waals surface area contributed by atoms with Gasteiger partial charge in [0.2, 0.25) is 5.91 Å². The minimum atomic E-state index is -0.124. The number of thioether (sulfide) groups is 1. The average Bonchev–Trinajstić information content (AvgIpc) is 2.71. The van der Waals surface area contributed by atoms with Gasteiger partial charge in [-0.1, -0.05) is 35.5 Å². The molecule has 6 nitrogen and oxygen atoms in total. The molecule has 164 valence electrons. The normalized spacial score (nSPS) is 11.2. The second-order valence-corrected chi connectivity index (χ2v) is 9.30. The maximum Gasteiger partial charge on any atom is 0.262 e. The Bertz CT molecular complexity index is 1140. The van der Waals surface area contributed by atoms with Gasteiger partial charge in [-0.2, -0.15) is 0 Å². The number of fused-ring (bicyclic) bond motifs is 1. The summed E-state index contributed by atoms with van der Waals surface area (Å²) in [4.78, 5) is 34.1. The van der Waals surface area contributed by atoms with E-state index in [-0.39, 0.29) is 23.3 Å². The Morgan fingerprint density at radius 3 is 2.42 bits per heavy atom. The third-order valence-electron chi connectivity index (χ3n) is 4.97. The van der Waals surface area contributed by atoms with E-state index in [1.54, 1.807) is 34.7 Å². The van der Waals surface area contributed by atoms with Crippen molar-refractivity contribution in [3.63, 3.8) is 0 Å². The predicted molar refractivity (Wildman–Crippen MR) is 129 cm³/mol. The molecule has 0 aliphatic carbocycles. The molecule has 0 bridgehead atoms. The number of carbonyl (C=O) groups is 1. The van der Waals surface area contributed by atoms with E-state index in [1.807, 2.05) is 57.1 Å². The molecule has 2 aromatic carbocycles. The van der Waals surface area contributed by atoms with E-state index in [4.69, 9.17) is 11.6 Å². The summed E-state index contributed by atoms with van der Waals surface area (Å²) >= 11 is 7.35. The minimum Gasteiger partial charge on any atom is -0.378 e. The van der Waals surface area contributed by atoms with Crippen molar-refractivity contribution < 1.29 is 4.79 Å². The van der Waals surface area contributed by atoms with Crippen molar-refractivity contribution in [3.05, 3.63) is 63.4 Å². The van der Waals surface area contributed by atoms with Gasteiger partial charge in [-0.3, -0.25) is 14.2 Å². The van der Waals surface area contributed by atoms with Crippen LogP contribution in [-0.4, -0.2) is 47.3 Å². The molecule has 0 saturated heterocycles. The highest BCUT2D eigenvalue weighted by Crippen LogP contribution is 2.23. The molecule has 8 heteroatoms. The molecule has 0 N–H and O–H groups in total. The Balaban J connectivity index is 1.75. The van der Waals surface area contributed by atoms with Gasteiger partial charge in [0, 0.05) is 44.4 Å². The first kappa shape index (κ1) is 23.2. The number of carbonyl (C=O) groups excluding carboxylic acids is 1. The van der Waals surface area contributed by atoms with Gasteiger partial charge in [-0.05, 0) is 49.7 Å². The first-order valence-electron chi connectivity index (χ1n) is 10.0. The topological polar surface area (TPSA) is 58.4 Å². The molecule has 0 aliphatic rings. The Morgan fingerprint density at radius 1 is 1.13 bits per heavy atom. The molecule has 0 radical (unpaired) electrons. The second kappa shape index (κ2) is 9.75. The van der Waals surface area contributed by atoms with Crippen molar-refractivity contribution in [1.29, 1.82) is 0 Å². The highest BCUT2D eigenvalue weighted by atomic mass is 35.5. The molecule has 0 saturated carbocycles. The fraction of sp³-hybridized carbons (Fsp3) is 0.348. The van der Waals surface area contributed by atoms with Crippen LogP contribution in [0, 0.1) is 0 Å². The molecule has 3 aromatic rings. The first-order valence-corrected chi connectivity index (χ1v) is 11.4. The van der Waals surface area contributed by atoms with Gasteiger partial charge >= 0.3 is 0 Å². The molecule has 1 amide bonds. The summed E-state index contributed by atoms with van der Waals surface area (Å²) in [5.74, 6) is 0.162. The predicted octanol–water partition coefficient (Wildman–Crippen LogP) is 4.45.